The Hall–Kier alpha value is -3.26. The zero-order chi connectivity index (χ0) is 19.9. The second-order valence-electron chi connectivity index (χ2n) is 5.95. The summed E-state index contributed by atoms with van der Waals surface area (Å²) in [6, 6.07) is 18.1. The number of nitrogens with zero attached hydrogens (tertiary/aromatic N) is 1. The molecule has 1 atom stereocenters. The lowest BCUT2D eigenvalue weighted by Crippen LogP contribution is -2.30. The first-order valence-electron chi connectivity index (χ1n) is 8.53. The van der Waals surface area contributed by atoms with Crippen molar-refractivity contribution in [2.24, 2.45) is 0 Å². The van der Waals surface area contributed by atoms with E-state index in [4.69, 9.17) is 10.5 Å². The quantitative estimate of drug-likeness (QED) is 0.418. The molecule has 8 heteroatoms. The van der Waals surface area contributed by atoms with Gasteiger partial charge in [-0.2, -0.15) is 0 Å². The number of nitrogens with one attached hydrogen (secondary N) is 2. The maximum atomic E-state index is 12.6. The van der Waals surface area contributed by atoms with Crippen molar-refractivity contribution in [3.8, 4) is 5.75 Å². The van der Waals surface area contributed by atoms with E-state index in [-0.39, 0.29) is 29.1 Å². The number of ether oxygens (including phenoxy) is 1. The van der Waals surface area contributed by atoms with Crippen LogP contribution in [-0.4, -0.2) is 28.7 Å². The van der Waals surface area contributed by atoms with Gasteiger partial charge in [-0.25, -0.2) is 4.98 Å². The molecule has 3 rings (SSSR count). The number of nitrogen functional groups attached to an aromatic ring is 1. The lowest BCUT2D eigenvalue weighted by Gasteiger charge is -2.20. The van der Waals surface area contributed by atoms with Crippen LogP contribution in [0.25, 0.3) is 0 Å². The van der Waals surface area contributed by atoms with Crippen LogP contribution in [0, 0.1) is 0 Å². The van der Waals surface area contributed by atoms with Crippen LogP contribution in [0.3, 0.4) is 0 Å². The Morgan fingerprint density at radius 3 is 2.50 bits per heavy atom. The number of anilines is 1. The second kappa shape index (κ2) is 9.09. The number of benzene rings is 2. The van der Waals surface area contributed by atoms with Crippen molar-refractivity contribution in [1.82, 2.24) is 15.3 Å². The standard InChI is InChI=1S/C20H20N4O3S/c1-27-15-9-7-14(8-10-15)19(13-5-3-2-4-6-13)23-18(26)12-28-20-22-16(21)11-17(25)24-20/h2-11,19H,12H2,1H3,(H,23,26)(H3,21,22,24,25)/t19-/m1/s1. The Balaban J connectivity index is 1.75. The molecule has 28 heavy (non-hydrogen) atoms. The minimum atomic E-state index is -0.351. The van der Waals surface area contributed by atoms with E-state index in [9.17, 15) is 9.59 Å². The van der Waals surface area contributed by atoms with E-state index < -0.39 is 0 Å². The molecule has 1 heterocycles. The van der Waals surface area contributed by atoms with Crippen molar-refractivity contribution in [2.75, 3.05) is 18.6 Å². The zero-order valence-corrected chi connectivity index (χ0v) is 16.0. The summed E-state index contributed by atoms with van der Waals surface area (Å²) in [6.07, 6.45) is 0. The number of rotatable bonds is 7. The van der Waals surface area contributed by atoms with Gasteiger partial charge in [-0.05, 0) is 23.3 Å². The van der Waals surface area contributed by atoms with Crippen molar-refractivity contribution in [1.29, 1.82) is 0 Å². The number of hydrogen-bond acceptors (Lipinski definition) is 6. The maximum absolute atomic E-state index is 12.6. The molecule has 7 nitrogen and oxygen atoms in total. The van der Waals surface area contributed by atoms with Gasteiger partial charge < -0.3 is 20.8 Å². The van der Waals surface area contributed by atoms with Gasteiger partial charge in [-0.3, -0.25) is 9.59 Å². The van der Waals surface area contributed by atoms with Crippen LogP contribution >= 0.6 is 11.8 Å². The van der Waals surface area contributed by atoms with Gasteiger partial charge in [0.2, 0.25) is 5.91 Å². The number of carbonyl (C=O) groups excluding carboxylic acids is 1. The summed E-state index contributed by atoms with van der Waals surface area (Å²) in [6.45, 7) is 0. The number of thioether (sulfide) groups is 1. The summed E-state index contributed by atoms with van der Waals surface area (Å²) in [5, 5.41) is 3.34. The van der Waals surface area contributed by atoms with Crippen LogP contribution in [0.4, 0.5) is 5.82 Å². The number of carbonyl (C=O) groups is 1. The number of hydrogen-bond donors (Lipinski definition) is 3. The largest absolute Gasteiger partial charge is 0.497 e. The minimum Gasteiger partial charge on any atom is -0.497 e. The van der Waals surface area contributed by atoms with E-state index >= 15 is 0 Å². The number of methoxy groups -OCH3 is 1. The average molecular weight is 396 g/mol. The van der Waals surface area contributed by atoms with Crippen LogP contribution in [0.15, 0.2) is 70.6 Å². The molecule has 0 aliphatic rings. The summed E-state index contributed by atoms with van der Waals surface area (Å²) < 4.78 is 5.21. The maximum Gasteiger partial charge on any atom is 0.253 e. The summed E-state index contributed by atoms with van der Waals surface area (Å²) in [4.78, 5) is 30.6. The van der Waals surface area contributed by atoms with E-state index in [1.807, 2.05) is 54.6 Å². The van der Waals surface area contributed by atoms with Gasteiger partial charge in [0, 0.05) is 6.07 Å². The molecule has 0 saturated carbocycles. The Labute approximate surface area is 166 Å². The molecular weight excluding hydrogens is 376 g/mol. The molecular formula is C20H20N4O3S. The Morgan fingerprint density at radius 1 is 1.18 bits per heavy atom. The summed E-state index contributed by atoms with van der Waals surface area (Å²) in [5.74, 6) is 0.757. The topological polar surface area (TPSA) is 110 Å². The molecule has 0 saturated heterocycles. The molecule has 4 N–H and O–H groups in total. The molecule has 2 aromatic carbocycles. The van der Waals surface area contributed by atoms with Crippen LogP contribution in [0.5, 0.6) is 5.75 Å². The Bertz CT molecular complexity index is 990. The number of aromatic nitrogens is 2. The SMILES string of the molecule is COc1ccc([C@H](NC(=O)CSc2nc(N)cc(=O)[nH]2)c2ccccc2)cc1. The fourth-order valence-electron chi connectivity index (χ4n) is 2.66. The third-order valence-electron chi connectivity index (χ3n) is 3.97. The van der Waals surface area contributed by atoms with Gasteiger partial charge in [0.05, 0.1) is 18.9 Å². The summed E-state index contributed by atoms with van der Waals surface area (Å²) >= 11 is 1.12. The molecule has 1 aromatic heterocycles. The van der Waals surface area contributed by atoms with Crippen molar-refractivity contribution in [3.63, 3.8) is 0 Å². The fourth-order valence-corrected chi connectivity index (χ4v) is 3.35. The van der Waals surface area contributed by atoms with Gasteiger partial charge in [0.15, 0.2) is 5.16 Å². The molecule has 0 fully saturated rings. The van der Waals surface area contributed by atoms with Gasteiger partial charge in [0.1, 0.15) is 11.6 Å². The molecule has 0 radical (unpaired) electrons. The molecule has 0 aliphatic heterocycles. The van der Waals surface area contributed by atoms with Crippen LogP contribution < -0.4 is 21.3 Å². The Kier molecular flexibility index (Phi) is 6.33. The normalized spacial score (nSPS) is 11.6. The third-order valence-corrected chi connectivity index (χ3v) is 4.84. The smallest absolute Gasteiger partial charge is 0.253 e. The monoisotopic (exact) mass is 396 g/mol. The van der Waals surface area contributed by atoms with E-state index in [0.29, 0.717) is 5.16 Å². The van der Waals surface area contributed by atoms with E-state index in [1.165, 1.54) is 6.07 Å². The van der Waals surface area contributed by atoms with Gasteiger partial charge in [0.25, 0.3) is 5.56 Å². The van der Waals surface area contributed by atoms with Crippen LogP contribution in [0.2, 0.25) is 0 Å². The second-order valence-corrected chi connectivity index (χ2v) is 6.91. The Morgan fingerprint density at radius 2 is 1.86 bits per heavy atom. The molecule has 0 aliphatic carbocycles. The van der Waals surface area contributed by atoms with E-state index in [2.05, 4.69) is 15.3 Å². The highest BCUT2D eigenvalue weighted by atomic mass is 32.2. The predicted octanol–water partition coefficient (Wildman–Crippen LogP) is 2.36. The lowest BCUT2D eigenvalue weighted by atomic mass is 9.98. The summed E-state index contributed by atoms with van der Waals surface area (Å²) in [7, 11) is 1.61. The van der Waals surface area contributed by atoms with Gasteiger partial charge >= 0.3 is 0 Å². The number of amides is 1. The highest BCUT2D eigenvalue weighted by Crippen LogP contribution is 2.24. The molecule has 0 spiro atoms. The van der Waals surface area contributed by atoms with Crippen molar-refractivity contribution in [2.45, 2.75) is 11.2 Å². The molecule has 144 valence electrons. The molecule has 1 amide bonds. The van der Waals surface area contributed by atoms with Crippen molar-refractivity contribution >= 4 is 23.5 Å². The van der Waals surface area contributed by atoms with Gasteiger partial charge in [-0.1, -0.05) is 54.2 Å². The minimum absolute atomic E-state index is 0.0892. The van der Waals surface area contributed by atoms with E-state index in [0.717, 1.165) is 28.6 Å². The number of H-pyrrole nitrogens is 1. The number of aromatic amines is 1. The number of nitrogens with two attached hydrogens (primary N) is 1. The van der Waals surface area contributed by atoms with E-state index in [1.54, 1.807) is 7.11 Å². The van der Waals surface area contributed by atoms with Crippen LogP contribution in [0.1, 0.15) is 17.2 Å². The molecule has 0 unspecified atom stereocenters. The van der Waals surface area contributed by atoms with Crippen molar-refractivity contribution in [3.05, 3.63) is 82.1 Å². The first kappa shape index (κ1) is 19.5. The average Bonchev–Trinajstić information content (AvgIpc) is 2.70. The fraction of sp³-hybridized carbons (Fsp3) is 0.150. The predicted molar refractivity (Wildman–Crippen MR) is 109 cm³/mol. The highest BCUT2D eigenvalue weighted by Gasteiger charge is 2.17. The summed E-state index contributed by atoms with van der Waals surface area (Å²) in [5.41, 5.74) is 7.11. The highest BCUT2D eigenvalue weighted by molar-refractivity contribution is 7.99. The first-order chi connectivity index (χ1) is 13.5. The van der Waals surface area contributed by atoms with Gasteiger partial charge in [-0.15, -0.1) is 0 Å². The molecule has 0 bridgehead atoms. The first-order valence-corrected chi connectivity index (χ1v) is 9.51. The molecule has 3 aromatic rings. The van der Waals surface area contributed by atoms with Crippen molar-refractivity contribution < 1.29 is 9.53 Å². The zero-order valence-electron chi connectivity index (χ0n) is 15.2. The lowest BCUT2D eigenvalue weighted by molar-refractivity contribution is -0.119. The third kappa shape index (κ3) is 5.14. The van der Waals surface area contributed by atoms with Crippen LogP contribution in [-0.2, 0) is 4.79 Å².